The maximum absolute atomic E-state index is 12.8. The van der Waals surface area contributed by atoms with Crippen molar-refractivity contribution in [1.29, 1.82) is 0 Å². The molecule has 1 amide bonds. The molecule has 1 atom stereocenters. The van der Waals surface area contributed by atoms with E-state index in [4.69, 9.17) is 0 Å². The van der Waals surface area contributed by atoms with Gasteiger partial charge in [-0.15, -0.1) is 11.8 Å². The molecule has 3 aliphatic heterocycles. The van der Waals surface area contributed by atoms with E-state index in [1.54, 1.807) is 12.1 Å². The van der Waals surface area contributed by atoms with Gasteiger partial charge in [0.05, 0.1) is 5.75 Å². The Morgan fingerprint density at radius 2 is 1.95 bits per heavy atom. The number of nitrogens with zero attached hydrogens (tertiary/aromatic N) is 2. The van der Waals surface area contributed by atoms with Crippen LogP contribution in [-0.4, -0.2) is 66.8 Å². The Hall–Kier alpha value is -1.11. The number of hydrogen-bond acceptors (Lipinski definition) is 4. The first-order valence-corrected chi connectivity index (χ1v) is 8.31. The highest BCUT2D eigenvalue weighted by molar-refractivity contribution is 8.00. The smallest absolute Gasteiger partial charge is 0.230 e. The van der Waals surface area contributed by atoms with Gasteiger partial charge in [-0.2, -0.15) is 0 Å². The lowest BCUT2D eigenvalue weighted by Gasteiger charge is -2.47. The van der Waals surface area contributed by atoms with Crippen LogP contribution >= 0.6 is 11.8 Å². The minimum absolute atomic E-state index is 0.0435. The summed E-state index contributed by atoms with van der Waals surface area (Å²) in [5.74, 6) is 0.171. The monoisotopic (exact) mass is 309 g/mol. The molecule has 0 spiro atoms. The fraction of sp³-hybridized carbons (Fsp3) is 0.533. The maximum atomic E-state index is 12.8. The first kappa shape index (κ1) is 14.8. The second-order valence-corrected chi connectivity index (χ2v) is 6.59. The van der Waals surface area contributed by atoms with E-state index in [0.717, 1.165) is 44.2 Å². The van der Waals surface area contributed by atoms with Gasteiger partial charge in [0.2, 0.25) is 5.91 Å². The Morgan fingerprint density at radius 1 is 1.24 bits per heavy atom. The molecule has 4 rings (SSSR count). The summed E-state index contributed by atoms with van der Waals surface area (Å²) in [7, 11) is 0. The van der Waals surface area contributed by atoms with Crippen LogP contribution in [0.1, 0.15) is 0 Å². The van der Waals surface area contributed by atoms with Crippen molar-refractivity contribution in [2.45, 2.75) is 10.9 Å². The molecule has 0 radical (unpaired) electrons. The summed E-state index contributed by atoms with van der Waals surface area (Å²) in [4.78, 5) is 17.7. The Balaban J connectivity index is 1.39. The maximum Gasteiger partial charge on any atom is 0.230 e. The molecule has 3 aliphatic rings. The number of amides is 1. The highest BCUT2D eigenvalue weighted by atomic mass is 32.2. The van der Waals surface area contributed by atoms with Gasteiger partial charge < -0.3 is 5.32 Å². The van der Waals surface area contributed by atoms with Gasteiger partial charge in [0.1, 0.15) is 5.82 Å². The average molecular weight is 309 g/mol. The molecule has 2 bridgehead atoms. The molecular formula is C15H20FN3OS. The molecule has 3 saturated heterocycles. The molecule has 21 heavy (non-hydrogen) atoms. The minimum atomic E-state index is -0.250. The molecule has 1 aromatic carbocycles. The largest absolute Gasteiger partial charge is 0.354 e. The number of hydrogen-bond donors (Lipinski definition) is 1. The molecule has 0 saturated carbocycles. The van der Waals surface area contributed by atoms with Crippen molar-refractivity contribution in [3.63, 3.8) is 0 Å². The van der Waals surface area contributed by atoms with E-state index >= 15 is 0 Å². The quantitative estimate of drug-likeness (QED) is 0.824. The average Bonchev–Trinajstić information content (AvgIpc) is 2.53. The third kappa shape index (κ3) is 3.96. The van der Waals surface area contributed by atoms with E-state index in [1.807, 2.05) is 0 Å². The second-order valence-electron chi connectivity index (χ2n) is 5.54. The van der Waals surface area contributed by atoms with Crippen molar-refractivity contribution in [3.05, 3.63) is 30.1 Å². The van der Waals surface area contributed by atoms with Gasteiger partial charge in [0, 0.05) is 50.2 Å². The van der Waals surface area contributed by atoms with Crippen LogP contribution < -0.4 is 5.32 Å². The Labute approximate surface area is 128 Å². The first-order valence-electron chi connectivity index (χ1n) is 7.32. The van der Waals surface area contributed by atoms with Gasteiger partial charge in [-0.05, 0) is 24.3 Å². The van der Waals surface area contributed by atoms with Crippen LogP contribution in [0.2, 0.25) is 0 Å². The van der Waals surface area contributed by atoms with Crippen LogP contribution in [0.3, 0.4) is 0 Å². The Bertz CT molecular complexity index is 488. The van der Waals surface area contributed by atoms with Crippen molar-refractivity contribution in [2.24, 2.45) is 0 Å². The molecule has 114 valence electrons. The lowest BCUT2D eigenvalue weighted by Crippen LogP contribution is -2.63. The number of rotatable bonds is 5. The highest BCUT2D eigenvalue weighted by Crippen LogP contribution is 2.18. The van der Waals surface area contributed by atoms with E-state index in [0.29, 0.717) is 11.8 Å². The van der Waals surface area contributed by atoms with Gasteiger partial charge >= 0.3 is 0 Å². The second kappa shape index (κ2) is 6.77. The normalized spacial score (nSPS) is 27.6. The van der Waals surface area contributed by atoms with Crippen LogP contribution in [0.5, 0.6) is 0 Å². The summed E-state index contributed by atoms with van der Waals surface area (Å²) >= 11 is 1.44. The van der Waals surface area contributed by atoms with Crippen molar-refractivity contribution in [3.8, 4) is 0 Å². The molecular weight excluding hydrogens is 289 g/mol. The molecule has 4 nitrogen and oxygen atoms in total. The van der Waals surface area contributed by atoms with Gasteiger partial charge in [-0.3, -0.25) is 14.6 Å². The molecule has 6 heteroatoms. The van der Waals surface area contributed by atoms with Gasteiger partial charge in [-0.25, -0.2) is 4.39 Å². The van der Waals surface area contributed by atoms with E-state index in [1.165, 1.54) is 23.9 Å². The molecule has 0 aliphatic carbocycles. The molecule has 1 unspecified atom stereocenters. The first-order chi connectivity index (χ1) is 10.2. The topological polar surface area (TPSA) is 35.6 Å². The SMILES string of the molecule is O=C(CSc1ccc(F)cc1)NCC1CN2CCN1CC2. The predicted molar refractivity (Wildman–Crippen MR) is 81.9 cm³/mol. The van der Waals surface area contributed by atoms with Crippen molar-refractivity contribution < 1.29 is 9.18 Å². The number of carbonyl (C=O) groups excluding carboxylic acids is 1. The summed E-state index contributed by atoms with van der Waals surface area (Å²) in [6, 6.07) is 6.69. The summed E-state index contributed by atoms with van der Waals surface area (Å²) in [6.07, 6.45) is 0. The van der Waals surface area contributed by atoms with Gasteiger partial charge in [0.15, 0.2) is 0 Å². The fourth-order valence-electron chi connectivity index (χ4n) is 2.88. The zero-order valence-corrected chi connectivity index (χ0v) is 12.7. The van der Waals surface area contributed by atoms with Crippen LogP contribution in [0, 0.1) is 5.82 Å². The van der Waals surface area contributed by atoms with E-state index < -0.39 is 0 Å². The standard InChI is InChI=1S/C15H20FN3OS/c16-12-1-3-14(4-2-12)21-11-15(20)17-9-13-10-18-5-7-19(13)8-6-18/h1-4,13H,5-11H2,(H,17,20). The lowest BCUT2D eigenvalue weighted by molar-refractivity contribution is -0.119. The van der Waals surface area contributed by atoms with Crippen LogP contribution in [0.4, 0.5) is 4.39 Å². The summed E-state index contributed by atoms with van der Waals surface area (Å²) in [6.45, 7) is 6.33. The minimum Gasteiger partial charge on any atom is -0.354 e. The van der Waals surface area contributed by atoms with Crippen LogP contribution in [-0.2, 0) is 4.79 Å². The van der Waals surface area contributed by atoms with Crippen molar-refractivity contribution in [1.82, 2.24) is 15.1 Å². The molecule has 0 aromatic heterocycles. The highest BCUT2D eigenvalue weighted by Gasteiger charge is 2.31. The number of thioether (sulfide) groups is 1. The number of nitrogens with one attached hydrogen (secondary N) is 1. The number of carbonyl (C=O) groups is 1. The Morgan fingerprint density at radius 3 is 2.57 bits per heavy atom. The summed E-state index contributed by atoms with van der Waals surface area (Å²) in [5.41, 5.74) is 0. The molecule has 3 fully saturated rings. The zero-order valence-electron chi connectivity index (χ0n) is 11.9. The molecule has 1 aromatic rings. The summed E-state index contributed by atoms with van der Waals surface area (Å²) < 4.78 is 12.8. The third-order valence-electron chi connectivity index (χ3n) is 4.11. The lowest BCUT2D eigenvalue weighted by atomic mass is 10.1. The zero-order chi connectivity index (χ0) is 14.7. The van der Waals surface area contributed by atoms with E-state index in [9.17, 15) is 9.18 Å². The predicted octanol–water partition coefficient (Wildman–Crippen LogP) is 1.03. The van der Waals surface area contributed by atoms with Gasteiger partial charge in [0.25, 0.3) is 0 Å². The van der Waals surface area contributed by atoms with E-state index in [2.05, 4.69) is 15.1 Å². The molecule has 3 heterocycles. The van der Waals surface area contributed by atoms with Gasteiger partial charge in [-0.1, -0.05) is 0 Å². The number of piperazine rings is 3. The van der Waals surface area contributed by atoms with Crippen LogP contribution in [0.25, 0.3) is 0 Å². The number of benzene rings is 1. The Kier molecular flexibility index (Phi) is 4.77. The van der Waals surface area contributed by atoms with Crippen molar-refractivity contribution in [2.75, 3.05) is 45.0 Å². The molecule has 1 N–H and O–H groups in total. The number of fused-ring (bicyclic) bond motifs is 3. The third-order valence-corrected chi connectivity index (χ3v) is 5.12. The summed E-state index contributed by atoms with van der Waals surface area (Å²) in [5, 5.41) is 3.02. The van der Waals surface area contributed by atoms with Crippen molar-refractivity contribution >= 4 is 17.7 Å². The fourth-order valence-corrected chi connectivity index (χ4v) is 3.61. The van der Waals surface area contributed by atoms with E-state index in [-0.39, 0.29) is 11.7 Å². The number of halogens is 1. The van der Waals surface area contributed by atoms with Crippen LogP contribution in [0.15, 0.2) is 29.2 Å².